The standard InChI is InChI=1S/C23H31FN4O3S/c1-3-28(4-2)32(30,31)22-11-5-19(6-12-22)23(29)25-13-14-26-15-17-27(18-16-26)21-9-7-20(24)8-10-21/h5-12H,3-4,13-18H2,1-2H3,(H,25,29). The van der Waals surface area contributed by atoms with E-state index < -0.39 is 10.0 Å². The monoisotopic (exact) mass is 462 g/mol. The van der Waals surface area contributed by atoms with Gasteiger partial charge >= 0.3 is 0 Å². The maximum Gasteiger partial charge on any atom is 0.251 e. The van der Waals surface area contributed by atoms with Crippen molar-refractivity contribution in [1.82, 2.24) is 14.5 Å². The molecule has 7 nitrogen and oxygen atoms in total. The third-order valence-electron chi connectivity index (χ3n) is 5.74. The van der Waals surface area contributed by atoms with Crippen LogP contribution >= 0.6 is 0 Å². The molecule has 2 aromatic rings. The molecule has 1 fully saturated rings. The van der Waals surface area contributed by atoms with Gasteiger partial charge in [-0.25, -0.2) is 12.8 Å². The number of benzene rings is 2. The summed E-state index contributed by atoms with van der Waals surface area (Å²) in [5, 5.41) is 2.90. The summed E-state index contributed by atoms with van der Waals surface area (Å²) in [6.07, 6.45) is 0. The third-order valence-corrected chi connectivity index (χ3v) is 7.80. The van der Waals surface area contributed by atoms with Gasteiger partial charge in [-0.05, 0) is 48.5 Å². The third kappa shape index (κ3) is 5.85. The first-order valence-corrected chi connectivity index (χ1v) is 12.4. The Morgan fingerprint density at radius 2 is 1.56 bits per heavy atom. The number of piperazine rings is 1. The van der Waals surface area contributed by atoms with Crippen LogP contribution in [0.4, 0.5) is 10.1 Å². The highest BCUT2D eigenvalue weighted by Crippen LogP contribution is 2.17. The summed E-state index contributed by atoms with van der Waals surface area (Å²) in [5.74, 6) is -0.454. The van der Waals surface area contributed by atoms with Gasteiger partial charge in [-0.1, -0.05) is 13.8 Å². The number of nitrogens with zero attached hydrogens (tertiary/aromatic N) is 3. The van der Waals surface area contributed by atoms with Crippen molar-refractivity contribution in [3.05, 3.63) is 59.9 Å². The number of rotatable bonds is 9. The van der Waals surface area contributed by atoms with Gasteiger partial charge in [0.05, 0.1) is 4.90 Å². The molecule has 2 aromatic carbocycles. The van der Waals surface area contributed by atoms with Crippen LogP contribution in [0.3, 0.4) is 0 Å². The van der Waals surface area contributed by atoms with E-state index in [0.29, 0.717) is 25.2 Å². The Hall–Kier alpha value is -2.49. The number of anilines is 1. The van der Waals surface area contributed by atoms with E-state index in [-0.39, 0.29) is 16.6 Å². The van der Waals surface area contributed by atoms with Gasteiger partial charge in [0.25, 0.3) is 5.91 Å². The average molecular weight is 463 g/mol. The van der Waals surface area contributed by atoms with Gasteiger partial charge in [0.2, 0.25) is 10.0 Å². The molecule has 0 bridgehead atoms. The number of carbonyl (C=O) groups excluding carboxylic acids is 1. The van der Waals surface area contributed by atoms with Crippen molar-refractivity contribution in [1.29, 1.82) is 0 Å². The molecule has 0 radical (unpaired) electrons. The maximum absolute atomic E-state index is 13.1. The normalized spacial score (nSPS) is 15.2. The molecule has 32 heavy (non-hydrogen) atoms. The van der Waals surface area contributed by atoms with E-state index in [1.807, 2.05) is 0 Å². The van der Waals surface area contributed by atoms with Crippen molar-refractivity contribution in [3.8, 4) is 0 Å². The van der Waals surface area contributed by atoms with E-state index in [1.165, 1.54) is 28.6 Å². The van der Waals surface area contributed by atoms with E-state index >= 15 is 0 Å². The van der Waals surface area contributed by atoms with Gasteiger partial charge in [0.15, 0.2) is 0 Å². The predicted molar refractivity (Wildman–Crippen MR) is 124 cm³/mol. The minimum Gasteiger partial charge on any atom is -0.369 e. The van der Waals surface area contributed by atoms with Crippen molar-refractivity contribution >= 4 is 21.6 Å². The fourth-order valence-corrected chi connectivity index (χ4v) is 5.26. The molecule has 1 saturated heterocycles. The Bertz CT molecular complexity index is 985. The van der Waals surface area contributed by atoms with E-state index in [4.69, 9.17) is 0 Å². The van der Waals surface area contributed by atoms with Crippen molar-refractivity contribution in [2.75, 3.05) is 57.3 Å². The van der Waals surface area contributed by atoms with Gasteiger partial charge in [-0.15, -0.1) is 0 Å². The Kier molecular flexibility index (Phi) is 8.22. The lowest BCUT2D eigenvalue weighted by Crippen LogP contribution is -2.48. The Labute approximate surface area is 189 Å². The highest BCUT2D eigenvalue weighted by atomic mass is 32.2. The van der Waals surface area contributed by atoms with Crippen LogP contribution in [0.25, 0.3) is 0 Å². The van der Waals surface area contributed by atoms with Gasteiger partial charge in [-0.3, -0.25) is 9.69 Å². The number of nitrogens with one attached hydrogen (secondary N) is 1. The highest BCUT2D eigenvalue weighted by molar-refractivity contribution is 7.89. The second-order valence-electron chi connectivity index (χ2n) is 7.67. The first-order valence-electron chi connectivity index (χ1n) is 11.0. The largest absolute Gasteiger partial charge is 0.369 e. The van der Waals surface area contributed by atoms with Crippen LogP contribution in [-0.2, 0) is 10.0 Å². The summed E-state index contributed by atoms with van der Waals surface area (Å²) >= 11 is 0. The predicted octanol–water partition coefficient (Wildman–Crippen LogP) is 2.41. The summed E-state index contributed by atoms with van der Waals surface area (Å²) in [6.45, 7) is 9.07. The molecule has 1 heterocycles. The molecule has 174 valence electrons. The topological polar surface area (TPSA) is 73.0 Å². The molecular formula is C23H31FN4O3S. The molecule has 0 unspecified atom stereocenters. The zero-order valence-electron chi connectivity index (χ0n) is 18.6. The molecule has 0 aliphatic carbocycles. The maximum atomic E-state index is 13.1. The molecule has 1 amide bonds. The highest BCUT2D eigenvalue weighted by Gasteiger charge is 2.22. The minimum absolute atomic E-state index is 0.191. The van der Waals surface area contributed by atoms with Crippen LogP contribution in [0, 0.1) is 5.82 Å². The molecule has 0 aromatic heterocycles. The van der Waals surface area contributed by atoms with Crippen LogP contribution in [0.5, 0.6) is 0 Å². The average Bonchev–Trinajstić information content (AvgIpc) is 2.81. The van der Waals surface area contributed by atoms with Crippen LogP contribution in [0.1, 0.15) is 24.2 Å². The van der Waals surface area contributed by atoms with Crippen molar-refractivity contribution in [2.24, 2.45) is 0 Å². The number of hydrogen-bond donors (Lipinski definition) is 1. The second kappa shape index (κ2) is 10.9. The van der Waals surface area contributed by atoms with Crippen LogP contribution in [-0.4, -0.2) is 75.9 Å². The molecule has 1 N–H and O–H groups in total. The van der Waals surface area contributed by atoms with Crippen LogP contribution < -0.4 is 10.2 Å². The van der Waals surface area contributed by atoms with Crippen LogP contribution in [0.2, 0.25) is 0 Å². The second-order valence-corrected chi connectivity index (χ2v) is 9.61. The van der Waals surface area contributed by atoms with Gasteiger partial charge in [-0.2, -0.15) is 4.31 Å². The summed E-state index contributed by atoms with van der Waals surface area (Å²) < 4.78 is 39.6. The SMILES string of the molecule is CCN(CC)S(=O)(=O)c1ccc(C(=O)NCCN2CCN(c3ccc(F)cc3)CC2)cc1. The molecule has 1 aliphatic heterocycles. The lowest BCUT2D eigenvalue weighted by molar-refractivity contribution is 0.0947. The number of carbonyl (C=O) groups is 1. The molecule has 3 rings (SSSR count). The summed E-state index contributed by atoms with van der Waals surface area (Å²) in [7, 11) is -3.53. The summed E-state index contributed by atoms with van der Waals surface area (Å²) in [6, 6.07) is 12.6. The molecule has 0 atom stereocenters. The molecular weight excluding hydrogens is 431 g/mol. The van der Waals surface area contributed by atoms with Gasteiger partial charge in [0, 0.05) is 63.6 Å². The zero-order valence-corrected chi connectivity index (χ0v) is 19.4. The first kappa shape index (κ1) is 24.2. The smallest absolute Gasteiger partial charge is 0.251 e. The first-order chi connectivity index (χ1) is 15.3. The number of halogens is 1. The quantitative estimate of drug-likeness (QED) is 0.620. The lowest BCUT2D eigenvalue weighted by Gasteiger charge is -2.36. The van der Waals surface area contributed by atoms with Crippen molar-refractivity contribution < 1.29 is 17.6 Å². The Morgan fingerprint density at radius 3 is 2.12 bits per heavy atom. The number of hydrogen-bond acceptors (Lipinski definition) is 5. The lowest BCUT2D eigenvalue weighted by atomic mass is 10.2. The van der Waals surface area contributed by atoms with E-state index in [1.54, 1.807) is 38.1 Å². The number of amides is 1. The van der Waals surface area contributed by atoms with E-state index in [0.717, 1.165) is 38.4 Å². The fourth-order valence-electron chi connectivity index (χ4n) is 3.80. The molecule has 0 spiro atoms. The molecule has 9 heteroatoms. The van der Waals surface area contributed by atoms with Crippen molar-refractivity contribution in [3.63, 3.8) is 0 Å². The van der Waals surface area contributed by atoms with Crippen molar-refractivity contribution in [2.45, 2.75) is 18.7 Å². The van der Waals surface area contributed by atoms with E-state index in [2.05, 4.69) is 15.1 Å². The Morgan fingerprint density at radius 1 is 0.969 bits per heavy atom. The number of sulfonamides is 1. The van der Waals surface area contributed by atoms with E-state index in [9.17, 15) is 17.6 Å². The summed E-state index contributed by atoms with van der Waals surface area (Å²) in [4.78, 5) is 17.1. The van der Waals surface area contributed by atoms with Crippen LogP contribution in [0.15, 0.2) is 53.4 Å². The fraction of sp³-hybridized carbons (Fsp3) is 0.435. The minimum atomic E-state index is -3.53. The Balaban J connectivity index is 1.45. The summed E-state index contributed by atoms with van der Waals surface area (Å²) in [5.41, 5.74) is 1.45. The zero-order chi connectivity index (χ0) is 23.1. The van der Waals surface area contributed by atoms with Gasteiger partial charge < -0.3 is 10.2 Å². The van der Waals surface area contributed by atoms with Gasteiger partial charge in [0.1, 0.15) is 5.82 Å². The molecule has 0 saturated carbocycles. The molecule has 1 aliphatic rings.